The SMILES string of the molecule is CC[C@@](C)(C(=O)NC1CCCCC1)N(C[C@@H]1CCCO1)C(=O)CNC(=O)c1ccccc1. The molecule has 1 aliphatic carbocycles. The average molecular weight is 444 g/mol. The van der Waals surface area contributed by atoms with E-state index in [1.807, 2.05) is 19.9 Å². The van der Waals surface area contributed by atoms with Gasteiger partial charge in [-0.1, -0.05) is 44.4 Å². The van der Waals surface area contributed by atoms with Crippen molar-refractivity contribution in [2.24, 2.45) is 0 Å². The van der Waals surface area contributed by atoms with Crippen LogP contribution >= 0.6 is 0 Å². The molecule has 7 nitrogen and oxygen atoms in total. The van der Waals surface area contributed by atoms with Crippen LogP contribution in [0.25, 0.3) is 0 Å². The van der Waals surface area contributed by atoms with Crippen LogP contribution < -0.4 is 10.6 Å². The Hall–Kier alpha value is -2.41. The first-order chi connectivity index (χ1) is 15.4. The minimum Gasteiger partial charge on any atom is -0.376 e. The number of benzene rings is 1. The molecule has 0 radical (unpaired) electrons. The van der Waals surface area contributed by atoms with Crippen LogP contribution in [0.2, 0.25) is 0 Å². The standard InChI is InChI=1S/C25H37N3O4/c1-3-25(2,24(31)27-20-13-8-5-9-14-20)28(18-21-15-10-16-32-21)22(29)17-26-23(30)19-11-6-4-7-12-19/h4,6-7,11-12,20-21H,3,5,8-10,13-18H2,1-2H3,(H,26,30)(H,27,31)/t21-,25-/m0/s1. The minimum absolute atomic E-state index is 0.0860. The maximum absolute atomic E-state index is 13.4. The molecule has 0 unspecified atom stereocenters. The summed E-state index contributed by atoms with van der Waals surface area (Å²) in [6.45, 7) is 4.62. The average Bonchev–Trinajstić information content (AvgIpc) is 3.35. The van der Waals surface area contributed by atoms with E-state index in [9.17, 15) is 14.4 Å². The maximum atomic E-state index is 13.4. The second kappa shape index (κ2) is 11.5. The Bertz CT molecular complexity index is 773. The van der Waals surface area contributed by atoms with Gasteiger partial charge in [0.15, 0.2) is 0 Å². The quantitative estimate of drug-likeness (QED) is 0.614. The van der Waals surface area contributed by atoms with Gasteiger partial charge >= 0.3 is 0 Å². The lowest BCUT2D eigenvalue weighted by molar-refractivity contribution is -0.149. The predicted octanol–water partition coefficient (Wildman–Crippen LogP) is 3.04. The lowest BCUT2D eigenvalue weighted by Crippen LogP contribution is -2.62. The lowest BCUT2D eigenvalue weighted by atomic mass is 9.91. The summed E-state index contributed by atoms with van der Waals surface area (Å²) in [7, 11) is 0. The van der Waals surface area contributed by atoms with Crippen LogP contribution in [0, 0.1) is 0 Å². The van der Waals surface area contributed by atoms with Crippen molar-refractivity contribution < 1.29 is 19.1 Å². The predicted molar refractivity (Wildman–Crippen MR) is 123 cm³/mol. The summed E-state index contributed by atoms with van der Waals surface area (Å²) in [5.41, 5.74) is -0.503. The summed E-state index contributed by atoms with van der Waals surface area (Å²) in [5.74, 6) is -0.693. The van der Waals surface area contributed by atoms with Crippen molar-refractivity contribution in [2.75, 3.05) is 19.7 Å². The molecule has 0 bridgehead atoms. The molecule has 0 aromatic heterocycles. The number of amides is 3. The molecule has 1 saturated heterocycles. The Labute approximate surface area is 191 Å². The molecule has 2 atom stereocenters. The number of ether oxygens (including phenoxy) is 1. The van der Waals surface area contributed by atoms with Crippen LogP contribution in [0.4, 0.5) is 0 Å². The highest BCUT2D eigenvalue weighted by atomic mass is 16.5. The topological polar surface area (TPSA) is 87.7 Å². The molecular weight excluding hydrogens is 406 g/mol. The number of rotatable bonds is 9. The zero-order valence-electron chi connectivity index (χ0n) is 19.4. The van der Waals surface area contributed by atoms with Crippen LogP contribution in [-0.2, 0) is 14.3 Å². The molecule has 1 saturated carbocycles. The van der Waals surface area contributed by atoms with Crippen molar-refractivity contribution in [3.05, 3.63) is 35.9 Å². The van der Waals surface area contributed by atoms with Gasteiger partial charge in [0.25, 0.3) is 5.91 Å². The van der Waals surface area contributed by atoms with Crippen molar-refractivity contribution in [1.29, 1.82) is 0 Å². The Morgan fingerprint density at radius 2 is 1.78 bits per heavy atom. The van der Waals surface area contributed by atoms with Crippen LogP contribution in [0.15, 0.2) is 30.3 Å². The molecule has 32 heavy (non-hydrogen) atoms. The van der Waals surface area contributed by atoms with Gasteiger partial charge < -0.3 is 20.3 Å². The summed E-state index contributed by atoms with van der Waals surface area (Å²) in [6.07, 6.45) is 7.64. The third-order valence-corrected chi connectivity index (χ3v) is 6.86. The molecule has 7 heteroatoms. The fraction of sp³-hybridized carbons (Fsp3) is 0.640. The molecule has 1 aromatic rings. The van der Waals surface area contributed by atoms with E-state index in [4.69, 9.17) is 4.74 Å². The van der Waals surface area contributed by atoms with E-state index in [1.165, 1.54) is 6.42 Å². The summed E-state index contributed by atoms with van der Waals surface area (Å²) in [4.78, 5) is 40.8. The lowest BCUT2D eigenvalue weighted by Gasteiger charge is -2.41. The van der Waals surface area contributed by atoms with E-state index in [-0.39, 0.29) is 36.4 Å². The highest BCUT2D eigenvalue weighted by molar-refractivity contribution is 5.97. The molecular formula is C25H37N3O4. The first-order valence-corrected chi connectivity index (χ1v) is 12.0. The fourth-order valence-electron chi connectivity index (χ4n) is 4.58. The summed E-state index contributed by atoms with van der Waals surface area (Å²) < 4.78 is 5.78. The molecule has 1 aromatic carbocycles. The smallest absolute Gasteiger partial charge is 0.251 e. The van der Waals surface area contributed by atoms with Crippen LogP contribution in [0.5, 0.6) is 0 Å². The van der Waals surface area contributed by atoms with E-state index >= 15 is 0 Å². The molecule has 3 amide bonds. The molecule has 2 fully saturated rings. The number of carbonyl (C=O) groups is 3. The second-order valence-electron chi connectivity index (χ2n) is 9.12. The van der Waals surface area contributed by atoms with E-state index < -0.39 is 5.54 Å². The number of nitrogens with one attached hydrogen (secondary N) is 2. The summed E-state index contributed by atoms with van der Waals surface area (Å²) >= 11 is 0. The highest BCUT2D eigenvalue weighted by Crippen LogP contribution is 2.25. The monoisotopic (exact) mass is 443 g/mol. The number of hydrogen-bond donors (Lipinski definition) is 2. The summed E-state index contributed by atoms with van der Waals surface area (Å²) in [6, 6.07) is 8.98. The number of nitrogens with zero attached hydrogens (tertiary/aromatic N) is 1. The van der Waals surface area contributed by atoms with E-state index in [0.29, 0.717) is 25.1 Å². The summed E-state index contributed by atoms with van der Waals surface area (Å²) in [5, 5.41) is 5.92. The molecule has 0 spiro atoms. The first kappa shape index (κ1) is 24.2. The Morgan fingerprint density at radius 3 is 2.41 bits per heavy atom. The van der Waals surface area contributed by atoms with E-state index in [0.717, 1.165) is 38.5 Å². The number of carbonyl (C=O) groups excluding carboxylic acids is 3. The van der Waals surface area contributed by atoms with Crippen molar-refractivity contribution >= 4 is 17.7 Å². The van der Waals surface area contributed by atoms with Crippen molar-refractivity contribution in [3.8, 4) is 0 Å². The van der Waals surface area contributed by atoms with Crippen LogP contribution in [0.1, 0.15) is 75.6 Å². The number of hydrogen-bond acceptors (Lipinski definition) is 4. The highest BCUT2D eigenvalue weighted by Gasteiger charge is 2.42. The zero-order chi connectivity index (χ0) is 23.0. The van der Waals surface area contributed by atoms with Crippen LogP contribution in [0.3, 0.4) is 0 Å². The Balaban J connectivity index is 1.72. The van der Waals surface area contributed by atoms with Gasteiger partial charge in [0, 0.05) is 24.8 Å². The van der Waals surface area contributed by atoms with Gasteiger partial charge in [-0.15, -0.1) is 0 Å². The van der Waals surface area contributed by atoms with Gasteiger partial charge in [-0.3, -0.25) is 14.4 Å². The molecule has 2 aliphatic rings. The van der Waals surface area contributed by atoms with E-state index in [2.05, 4.69) is 10.6 Å². The molecule has 1 aliphatic heterocycles. The largest absolute Gasteiger partial charge is 0.376 e. The minimum atomic E-state index is -1.00. The van der Waals surface area contributed by atoms with Gasteiger partial charge in [0.1, 0.15) is 5.54 Å². The molecule has 2 N–H and O–H groups in total. The Morgan fingerprint density at radius 1 is 1.06 bits per heavy atom. The zero-order valence-corrected chi connectivity index (χ0v) is 19.4. The Kier molecular flexibility index (Phi) is 8.67. The normalized spacial score (nSPS) is 20.9. The molecule has 3 rings (SSSR count). The van der Waals surface area contributed by atoms with Gasteiger partial charge in [-0.2, -0.15) is 0 Å². The third-order valence-electron chi connectivity index (χ3n) is 6.86. The molecule has 176 valence electrons. The fourth-order valence-corrected chi connectivity index (χ4v) is 4.58. The third kappa shape index (κ3) is 6.09. The van der Waals surface area contributed by atoms with Gasteiger partial charge in [0.2, 0.25) is 11.8 Å². The van der Waals surface area contributed by atoms with Crippen LogP contribution in [-0.4, -0.2) is 60.0 Å². The van der Waals surface area contributed by atoms with Crippen molar-refractivity contribution in [1.82, 2.24) is 15.5 Å². The van der Waals surface area contributed by atoms with Gasteiger partial charge in [-0.25, -0.2) is 0 Å². The second-order valence-corrected chi connectivity index (χ2v) is 9.12. The van der Waals surface area contributed by atoms with Gasteiger partial charge in [0.05, 0.1) is 12.6 Å². The van der Waals surface area contributed by atoms with E-state index in [1.54, 1.807) is 29.2 Å². The van der Waals surface area contributed by atoms with Crippen molar-refractivity contribution in [3.63, 3.8) is 0 Å². The van der Waals surface area contributed by atoms with Gasteiger partial charge in [-0.05, 0) is 51.2 Å². The van der Waals surface area contributed by atoms with Crippen molar-refractivity contribution in [2.45, 2.75) is 82.9 Å². The maximum Gasteiger partial charge on any atom is 0.251 e. The molecule has 1 heterocycles. The first-order valence-electron chi connectivity index (χ1n) is 12.0.